The van der Waals surface area contributed by atoms with Gasteiger partial charge >= 0.3 is 5.97 Å². The van der Waals surface area contributed by atoms with Crippen LogP contribution in [0.3, 0.4) is 0 Å². The van der Waals surface area contributed by atoms with Crippen LogP contribution in [0.1, 0.15) is 37.7 Å². The van der Waals surface area contributed by atoms with Crippen LogP contribution in [0.15, 0.2) is 18.2 Å². The molecule has 0 saturated heterocycles. The Morgan fingerprint density at radius 1 is 1.32 bits per heavy atom. The quantitative estimate of drug-likeness (QED) is 0.330. The zero-order valence-electron chi connectivity index (χ0n) is 14.3. The Morgan fingerprint density at radius 3 is 2.72 bits per heavy atom. The van der Waals surface area contributed by atoms with Gasteiger partial charge in [-0.1, -0.05) is 48.2 Å². The number of aliphatic hydroxyl groups is 1. The van der Waals surface area contributed by atoms with Crippen LogP contribution in [0.2, 0.25) is 10.0 Å². The molecule has 0 amide bonds. The van der Waals surface area contributed by atoms with E-state index in [2.05, 4.69) is 4.74 Å². The minimum atomic E-state index is -1.65. The standard InChI is InChI=1S/C18H23Cl2NO3S/c1-24-16(22)11-18(23,12-21)13-25-10-5-3-2-4-7-14-8-6-9-15(19)17(14)20/h6,8-9,23H,2-5,7,10-11,13H2,1H3. The van der Waals surface area contributed by atoms with Crippen molar-refractivity contribution in [3.63, 3.8) is 0 Å². The van der Waals surface area contributed by atoms with Gasteiger partial charge in [0.1, 0.15) is 0 Å². The molecule has 0 bridgehead atoms. The SMILES string of the molecule is COC(=O)CC(O)(C#N)CSCCCCCCc1cccc(Cl)c1Cl. The van der Waals surface area contributed by atoms with E-state index in [0.717, 1.165) is 43.4 Å². The zero-order chi connectivity index (χ0) is 18.7. The van der Waals surface area contributed by atoms with Gasteiger partial charge in [-0.3, -0.25) is 4.79 Å². The number of hydrogen-bond acceptors (Lipinski definition) is 5. The van der Waals surface area contributed by atoms with Crippen LogP contribution in [-0.2, 0) is 16.0 Å². The normalized spacial score (nSPS) is 13.1. The van der Waals surface area contributed by atoms with E-state index in [0.29, 0.717) is 10.0 Å². The minimum absolute atomic E-state index is 0.205. The Labute approximate surface area is 163 Å². The number of thioether (sulfide) groups is 1. The minimum Gasteiger partial charge on any atom is -0.469 e. The third-order valence-corrected chi connectivity index (χ3v) is 5.85. The number of benzene rings is 1. The van der Waals surface area contributed by atoms with Crippen LogP contribution >= 0.6 is 35.0 Å². The van der Waals surface area contributed by atoms with E-state index in [9.17, 15) is 9.90 Å². The van der Waals surface area contributed by atoms with Crippen LogP contribution in [0.5, 0.6) is 0 Å². The molecule has 0 aliphatic rings. The van der Waals surface area contributed by atoms with Crippen molar-refractivity contribution in [2.24, 2.45) is 0 Å². The summed E-state index contributed by atoms with van der Waals surface area (Å²) < 4.78 is 4.49. The summed E-state index contributed by atoms with van der Waals surface area (Å²) in [6, 6.07) is 7.48. The third kappa shape index (κ3) is 8.33. The number of esters is 1. The van der Waals surface area contributed by atoms with Gasteiger partial charge in [0.15, 0.2) is 5.60 Å². The van der Waals surface area contributed by atoms with Crippen molar-refractivity contribution in [1.82, 2.24) is 0 Å². The van der Waals surface area contributed by atoms with E-state index in [1.165, 1.54) is 18.9 Å². The van der Waals surface area contributed by atoms with Crippen molar-refractivity contribution in [3.8, 4) is 6.07 Å². The van der Waals surface area contributed by atoms with Crippen molar-refractivity contribution in [1.29, 1.82) is 5.26 Å². The second kappa shape index (κ2) is 11.6. The summed E-state index contributed by atoms with van der Waals surface area (Å²) in [5.74, 6) is 0.462. The molecular formula is C18H23Cl2NO3S. The van der Waals surface area contributed by atoms with Crippen LogP contribution in [0, 0.1) is 11.3 Å². The molecule has 0 aromatic heterocycles. The number of unbranched alkanes of at least 4 members (excludes halogenated alkanes) is 3. The van der Waals surface area contributed by atoms with Gasteiger partial charge < -0.3 is 9.84 Å². The van der Waals surface area contributed by atoms with E-state index in [1.54, 1.807) is 12.1 Å². The van der Waals surface area contributed by atoms with Crippen LogP contribution in [0.4, 0.5) is 0 Å². The molecule has 1 rings (SSSR count). The summed E-state index contributed by atoms with van der Waals surface area (Å²) in [5.41, 5.74) is -0.577. The van der Waals surface area contributed by atoms with Gasteiger partial charge in [0.25, 0.3) is 0 Å². The van der Waals surface area contributed by atoms with Crippen LogP contribution in [-0.4, -0.2) is 35.3 Å². The zero-order valence-corrected chi connectivity index (χ0v) is 16.6. The maximum atomic E-state index is 11.2. The molecule has 0 aliphatic carbocycles. The average molecular weight is 404 g/mol. The molecule has 1 aromatic rings. The molecule has 1 aromatic carbocycles. The number of halogens is 2. The van der Waals surface area contributed by atoms with Crippen LogP contribution in [0.25, 0.3) is 0 Å². The van der Waals surface area contributed by atoms with Gasteiger partial charge in [-0.25, -0.2) is 0 Å². The second-order valence-electron chi connectivity index (χ2n) is 5.83. The highest BCUT2D eigenvalue weighted by molar-refractivity contribution is 7.99. The van der Waals surface area contributed by atoms with Crippen molar-refractivity contribution in [2.75, 3.05) is 18.6 Å². The first-order valence-corrected chi connectivity index (χ1v) is 10.0. The molecule has 0 spiro atoms. The first kappa shape index (κ1) is 22.1. The molecule has 7 heteroatoms. The summed E-state index contributed by atoms with van der Waals surface area (Å²) in [6.07, 6.45) is 4.78. The van der Waals surface area contributed by atoms with Crippen molar-refractivity contribution >= 4 is 40.9 Å². The summed E-state index contributed by atoms with van der Waals surface area (Å²) in [5, 5.41) is 20.3. The number of ether oxygens (including phenoxy) is 1. The number of nitriles is 1. The topological polar surface area (TPSA) is 70.3 Å². The lowest BCUT2D eigenvalue weighted by atomic mass is 10.1. The van der Waals surface area contributed by atoms with Gasteiger partial charge in [-0.2, -0.15) is 17.0 Å². The Balaban J connectivity index is 2.15. The van der Waals surface area contributed by atoms with Gasteiger partial charge in [0.2, 0.25) is 0 Å². The Morgan fingerprint density at radius 2 is 2.04 bits per heavy atom. The third-order valence-electron chi connectivity index (χ3n) is 3.73. The molecule has 4 nitrogen and oxygen atoms in total. The number of carbonyl (C=O) groups excluding carboxylic acids is 1. The van der Waals surface area contributed by atoms with Crippen molar-refractivity contribution in [3.05, 3.63) is 33.8 Å². The predicted molar refractivity (Wildman–Crippen MR) is 103 cm³/mol. The number of nitrogens with zero attached hydrogens (tertiary/aromatic N) is 1. The number of carbonyl (C=O) groups is 1. The monoisotopic (exact) mass is 403 g/mol. The Kier molecular flexibility index (Phi) is 10.3. The van der Waals surface area contributed by atoms with E-state index in [1.807, 2.05) is 12.1 Å². The second-order valence-corrected chi connectivity index (χ2v) is 7.72. The summed E-state index contributed by atoms with van der Waals surface area (Å²) in [4.78, 5) is 11.2. The summed E-state index contributed by atoms with van der Waals surface area (Å²) in [7, 11) is 1.24. The average Bonchev–Trinajstić information content (AvgIpc) is 2.60. The summed E-state index contributed by atoms with van der Waals surface area (Å²) >= 11 is 13.6. The van der Waals surface area contributed by atoms with E-state index in [-0.39, 0.29) is 12.2 Å². The molecule has 1 N–H and O–H groups in total. The first-order chi connectivity index (χ1) is 11.9. The van der Waals surface area contributed by atoms with E-state index >= 15 is 0 Å². The lowest BCUT2D eigenvalue weighted by molar-refractivity contribution is -0.143. The fourth-order valence-electron chi connectivity index (χ4n) is 2.29. The van der Waals surface area contributed by atoms with E-state index in [4.69, 9.17) is 28.5 Å². The van der Waals surface area contributed by atoms with E-state index < -0.39 is 11.6 Å². The highest BCUT2D eigenvalue weighted by atomic mass is 35.5. The van der Waals surface area contributed by atoms with Crippen LogP contribution < -0.4 is 0 Å². The Bertz CT molecular complexity index is 606. The maximum absolute atomic E-state index is 11.2. The number of hydrogen-bond donors (Lipinski definition) is 1. The molecule has 0 aliphatic heterocycles. The maximum Gasteiger partial charge on any atom is 0.309 e. The molecule has 0 radical (unpaired) electrons. The molecular weight excluding hydrogens is 381 g/mol. The first-order valence-electron chi connectivity index (χ1n) is 8.13. The van der Waals surface area contributed by atoms with Gasteiger partial charge in [-0.15, -0.1) is 0 Å². The number of aryl methyl sites for hydroxylation is 1. The van der Waals surface area contributed by atoms with Gasteiger partial charge in [0, 0.05) is 5.75 Å². The van der Waals surface area contributed by atoms with Crippen molar-refractivity contribution in [2.45, 2.75) is 44.1 Å². The molecule has 1 unspecified atom stereocenters. The molecule has 0 heterocycles. The molecule has 138 valence electrons. The molecule has 1 atom stereocenters. The fourth-order valence-corrected chi connectivity index (χ4v) is 3.76. The highest BCUT2D eigenvalue weighted by Gasteiger charge is 2.30. The lowest BCUT2D eigenvalue weighted by Gasteiger charge is -2.18. The smallest absolute Gasteiger partial charge is 0.309 e. The predicted octanol–water partition coefficient (Wildman–Crippen LogP) is 4.65. The largest absolute Gasteiger partial charge is 0.469 e. The number of methoxy groups -OCH3 is 1. The number of rotatable bonds is 11. The molecule has 0 fully saturated rings. The fraction of sp³-hybridized carbons (Fsp3) is 0.556. The Hall–Kier alpha value is -0.930. The van der Waals surface area contributed by atoms with Crippen molar-refractivity contribution < 1.29 is 14.6 Å². The van der Waals surface area contributed by atoms with Gasteiger partial charge in [0.05, 0.1) is 29.6 Å². The summed E-state index contributed by atoms with van der Waals surface area (Å²) in [6.45, 7) is 0. The molecule has 25 heavy (non-hydrogen) atoms. The molecule has 0 saturated carbocycles. The lowest BCUT2D eigenvalue weighted by Crippen LogP contribution is -2.33. The highest BCUT2D eigenvalue weighted by Crippen LogP contribution is 2.27. The van der Waals surface area contributed by atoms with Gasteiger partial charge in [-0.05, 0) is 36.6 Å².